The Morgan fingerprint density at radius 3 is 2.84 bits per heavy atom. The van der Waals surface area contributed by atoms with Crippen LogP contribution in [0, 0.1) is 0 Å². The minimum atomic E-state index is 0. The van der Waals surface area contributed by atoms with Crippen LogP contribution < -0.4 is 5.32 Å². The third-order valence-corrected chi connectivity index (χ3v) is 3.89. The molecule has 0 spiro atoms. The lowest BCUT2D eigenvalue weighted by Gasteiger charge is -2.33. The predicted molar refractivity (Wildman–Crippen MR) is 75.8 cm³/mol. The fourth-order valence-electron chi connectivity index (χ4n) is 2.64. The van der Waals surface area contributed by atoms with Crippen LogP contribution in [0.5, 0.6) is 0 Å². The quantitative estimate of drug-likeness (QED) is 0.886. The first kappa shape index (κ1) is 14.3. The summed E-state index contributed by atoms with van der Waals surface area (Å²) in [5.74, 6) is 0.705. The summed E-state index contributed by atoms with van der Waals surface area (Å²) in [5.41, 5.74) is 1.81. The van der Waals surface area contributed by atoms with Gasteiger partial charge in [0.1, 0.15) is 0 Å². The fourth-order valence-corrected chi connectivity index (χ4v) is 2.64. The minimum absolute atomic E-state index is 0. The zero-order valence-corrected chi connectivity index (χ0v) is 12.2. The third kappa shape index (κ3) is 2.77. The number of rotatable bonds is 2. The normalized spacial score (nSPS) is 23.1. The molecule has 2 fully saturated rings. The predicted octanol–water partition coefficient (Wildman–Crippen LogP) is 1.15. The lowest BCUT2D eigenvalue weighted by molar-refractivity contribution is 0.0649. The molecule has 3 rings (SSSR count). The Bertz CT molecular complexity index is 469. The number of hydrogen-bond donors (Lipinski definition) is 1. The molecular weight excluding hydrogens is 264 g/mol. The van der Waals surface area contributed by atoms with E-state index in [4.69, 9.17) is 0 Å². The Labute approximate surface area is 119 Å². The van der Waals surface area contributed by atoms with Gasteiger partial charge in [0.25, 0.3) is 5.91 Å². The minimum Gasteiger partial charge on any atom is -0.332 e. The van der Waals surface area contributed by atoms with Gasteiger partial charge in [0.05, 0.1) is 0 Å². The smallest absolute Gasteiger partial charge is 0.274 e. The summed E-state index contributed by atoms with van der Waals surface area (Å²) in [6.07, 6.45) is 2.47. The Balaban J connectivity index is 0.00000133. The molecule has 106 valence electrons. The first-order valence-electron chi connectivity index (χ1n) is 6.72. The molecule has 0 unspecified atom stereocenters. The van der Waals surface area contributed by atoms with Gasteiger partial charge in [-0.3, -0.25) is 9.48 Å². The summed E-state index contributed by atoms with van der Waals surface area (Å²) in [5, 5.41) is 7.68. The fraction of sp³-hybridized carbons (Fsp3) is 0.692. The molecule has 0 radical (unpaired) electrons. The Kier molecular flexibility index (Phi) is 4.16. The van der Waals surface area contributed by atoms with Crippen molar-refractivity contribution >= 4 is 18.3 Å². The highest BCUT2D eigenvalue weighted by atomic mass is 35.5. The maximum Gasteiger partial charge on any atom is 0.274 e. The molecule has 1 saturated carbocycles. The Morgan fingerprint density at radius 1 is 1.47 bits per heavy atom. The Morgan fingerprint density at radius 2 is 2.21 bits per heavy atom. The lowest BCUT2D eigenvalue weighted by atomic mass is 10.2. The van der Waals surface area contributed by atoms with Crippen molar-refractivity contribution in [1.82, 2.24) is 20.0 Å². The van der Waals surface area contributed by atoms with Gasteiger partial charge in [0, 0.05) is 44.3 Å². The van der Waals surface area contributed by atoms with Crippen LogP contribution in [0.1, 0.15) is 41.9 Å². The Hall–Kier alpha value is -1.07. The molecule has 1 aliphatic carbocycles. The van der Waals surface area contributed by atoms with Crippen LogP contribution in [0.4, 0.5) is 0 Å². The van der Waals surface area contributed by atoms with Gasteiger partial charge >= 0.3 is 0 Å². The highest BCUT2D eigenvalue weighted by Crippen LogP contribution is 2.40. The largest absolute Gasteiger partial charge is 0.332 e. The zero-order valence-electron chi connectivity index (χ0n) is 11.4. The molecule has 1 aliphatic heterocycles. The summed E-state index contributed by atoms with van der Waals surface area (Å²) in [4.78, 5) is 14.4. The van der Waals surface area contributed by atoms with Crippen molar-refractivity contribution in [3.63, 3.8) is 0 Å². The monoisotopic (exact) mass is 284 g/mol. The van der Waals surface area contributed by atoms with Crippen LogP contribution in [-0.4, -0.2) is 46.3 Å². The molecule has 5 nitrogen and oxygen atoms in total. The first-order valence-corrected chi connectivity index (χ1v) is 6.72. The van der Waals surface area contributed by atoms with Gasteiger partial charge in [0.15, 0.2) is 5.69 Å². The second-order valence-corrected chi connectivity index (χ2v) is 5.40. The van der Waals surface area contributed by atoms with Crippen molar-refractivity contribution in [2.45, 2.75) is 31.7 Å². The molecule has 6 heteroatoms. The molecule has 1 amide bonds. The molecule has 1 aromatic rings. The van der Waals surface area contributed by atoms with Crippen molar-refractivity contribution < 1.29 is 4.79 Å². The number of hydrogen-bond acceptors (Lipinski definition) is 3. The van der Waals surface area contributed by atoms with Crippen molar-refractivity contribution in [3.8, 4) is 0 Å². The number of halogens is 1. The van der Waals surface area contributed by atoms with Gasteiger partial charge in [-0.25, -0.2) is 0 Å². The standard InChI is InChI=1S/C13H20N4O.ClH/c1-9-8-14-5-6-17(9)13(18)11-7-12(10-3-4-10)16(2)15-11;/h7,9-10,14H,3-6,8H2,1-2H3;1H/t9-;/m1./s1. The van der Waals surface area contributed by atoms with Gasteiger partial charge in [-0.05, 0) is 25.8 Å². The molecule has 1 aromatic heterocycles. The van der Waals surface area contributed by atoms with Crippen molar-refractivity contribution in [3.05, 3.63) is 17.5 Å². The summed E-state index contributed by atoms with van der Waals surface area (Å²) < 4.78 is 1.87. The SMILES string of the molecule is C[C@@H]1CNCCN1C(=O)c1cc(C2CC2)n(C)n1.Cl. The molecule has 0 bridgehead atoms. The average Bonchev–Trinajstić information content (AvgIpc) is 3.12. The van der Waals surface area contributed by atoms with E-state index in [-0.39, 0.29) is 24.4 Å². The van der Waals surface area contributed by atoms with E-state index in [1.165, 1.54) is 18.5 Å². The van der Waals surface area contributed by atoms with E-state index in [1.807, 2.05) is 22.7 Å². The number of aromatic nitrogens is 2. The molecule has 1 N–H and O–H groups in total. The summed E-state index contributed by atoms with van der Waals surface area (Å²) >= 11 is 0. The number of piperazine rings is 1. The molecule has 1 atom stereocenters. The number of carbonyl (C=O) groups is 1. The number of amides is 1. The number of aryl methyl sites for hydroxylation is 1. The summed E-state index contributed by atoms with van der Waals surface area (Å²) in [7, 11) is 1.94. The number of nitrogens with zero attached hydrogens (tertiary/aromatic N) is 3. The number of carbonyl (C=O) groups excluding carboxylic acids is 1. The van der Waals surface area contributed by atoms with Crippen LogP contribution >= 0.6 is 12.4 Å². The lowest BCUT2D eigenvalue weighted by Crippen LogP contribution is -2.52. The van der Waals surface area contributed by atoms with Crippen LogP contribution in [0.25, 0.3) is 0 Å². The van der Waals surface area contributed by atoms with Crippen molar-refractivity contribution in [2.75, 3.05) is 19.6 Å². The van der Waals surface area contributed by atoms with E-state index in [1.54, 1.807) is 0 Å². The average molecular weight is 285 g/mol. The van der Waals surface area contributed by atoms with Gasteiger partial charge in [-0.2, -0.15) is 5.10 Å². The number of nitrogens with one attached hydrogen (secondary N) is 1. The van der Waals surface area contributed by atoms with Crippen molar-refractivity contribution in [2.24, 2.45) is 7.05 Å². The maximum atomic E-state index is 12.4. The van der Waals surface area contributed by atoms with Gasteiger partial charge < -0.3 is 10.2 Å². The van der Waals surface area contributed by atoms with E-state index in [0.717, 1.165) is 19.6 Å². The van der Waals surface area contributed by atoms with Gasteiger partial charge in [-0.15, -0.1) is 12.4 Å². The van der Waals surface area contributed by atoms with E-state index in [2.05, 4.69) is 17.3 Å². The summed E-state index contributed by atoms with van der Waals surface area (Å²) in [6.45, 7) is 4.59. The van der Waals surface area contributed by atoms with E-state index in [9.17, 15) is 4.79 Å². The molecule has 1 saturated heterocycles. The highest BCUT2D eigenvalue weighted by Gasteiger charge is 2.30. The van der Waals surface area contributed by atoms with Gasteiger partial charge in [0.2, 0.25) is 0 Å². The van der Waals surface area contributed by atoms with E-state index >= 15 is 0 Å². The molecule has 0 aromatic carbocycles. The highest BCUT2D eigenvalue weighted by molar-refractivity contribution is 5.92. The topological polar surface area (TPSA) is 50.2 Å². The van der Waals surface area contributed by atoms with Crippen LogP contribution in [0.3, 0.4) is 0 Å². The van der Waals surface area contributed by atoms with Crippen LogP contribution in [-0.2, 0) is 7.05 Å². The van der Waals surface area contributed by atoms with Crippen molar-refractivity contribution in [1.29, 1.82) is 0 Å². The van der Waals surface area contributed by atoms with E-state index < -0.39 is 0 Å². The molecule has 2 aliphatic rings. The van der Waals surface area contributed by atoms with Crippen LogP contribution in [0.2, 0.25) is 0 Å². The zero-order chi connectivity index (χ0) is 12.7. The van der Waals surface area contributed by atoms with E-state index in [0.29, 0.717) is 11.6 Å². The van der Waals surface area contributed by atoms with Gasteiger partial charge in [-0.1, -0.05) is 0 Å². The van der Waals surface area contributed by atoms with Crippen LogP contribution in [0.15, 0.2) is 6.07 Å². The molecular formula is C13H21ClN4O. The first-order chi connectivity index (χ1) is 8.66. The molecule has 2 heterocycles. The molecule has 19 heavy (non-hydrogen) atoms. The second kappa shape index (κ2) is 5.51. The second-order valence-electron chi connectivity index (χ2n) is 5.40. The summed E-state index contributed by atoms with van der Waals surface area (Å²) in [6, 6.07) is 2.23. The maximum absolute atomic E-state index is 12.4. The third-order valence-electron chi connectivity index (χ3n) is 3.89.